The van der Waals surface area contributed by atoms with Crippen LogP contribution in [0.25, 0.3) is 55.6 Å². The fraction of sp³-hybridized carbons (Fsp3) is 0.179. The van der Waals surface area contributed by atoms with Gasteiger partial charge in [0.25, 0.3) is 5.56 Å². The summed E-state index contributed by atoms with van der Waals surface area (Å²) in [5.74, 6) is 0.141. The number of aliphatic hydroxyl groups is 3. The van der Waals surface area contributed by atoms with Crippen LogP contribution < -0.4 is 11.3 Å². The highest BCUT2D eigenvalue weighted by Crippen LogP contribution is 2.37. The Morgan fingerprint density at radius 1 is 0.947 bits per heavy atom. The summed E-state index contributed by atoms with van der Waals surface area (Å²) in [6, 6.07) is 18.8. The highest BCUT2D eigenvalue weighted by atomic mass is 16.6. The molecule has 6 aromatic rings. The Kier molecular flexibility index (Phi) is 5.00. The second kappa shape index (κ2) is 8.33. The molecule has 10 nitrogen and oxygen atoms in total. The first-order valence-corrected chi connectivity index (χ1v) is 12.2. The lowest BCUT2D eigenvalue weighted by atomic mass is 9.92. The van der Waals surface area contributed by atoms with Crippen molar-refractivity contribution in [2.45, 2.75) is 24.5 Å². The zero-order valence-corrected chi connectivity index (χ0v) is 19.9. The molecule has 190 valence electrons. The van der Waals surface area contributed by atoms with Crippen molar-refractivity contribution in [2.75, 3.05) is 12.3 Å². The van der Waals surface area contributed by atoms with Gasteiger partial charge in [0.15, 0.2) is 17.4 Å². The van der Waals surface area contributed by atoms with Gasteiger partial charge < -0.3 is 25.8 Å². The number of aromatic nitrogens is 4. The number of anilines is 1. The van der Waals surface area contributed by atoms with Gasteiger partial charge in [-0.15, -0.1) is 0 Å². The number of nitrogens with one attached hydrogen (secondary N) is 1. The van der Waals surface area contributed by atoms with E-state index in [1.807, 2.05) is 18.2 Å². The molecule has 0 amide bonds. The lowest BCUT2D eigenvalue weighted by Gasteiger charge is -2.18. The molecule has 10 heteroatoms. The minimum atomic E-state index is -1.39. The Hall–Kier alpha value is -4.35. The van der Waals surface area contributed by atoms with Gasteiger partial charge in [0.1, 0.15) is 24.1 Å². The first kappa shape index (κ1) is 22.8. The summed E-state index contributed by atoms with van der Waals surface area (Å²) in [5.41, 5.74) is 6.28. The van der Waals surface area contributed by atoms with Gasteiger partial charge in [0.2, 0.25) is 5.95 Å². The number of nitrogens with two attached hydrogens (primary N) is 1. The van der Waals surface area contributed by atoms with Crippen molar-refractivity contribution >= 4 is 61.6 Å². The van der Waals surface area contributed by atoms with Crippen molar-refractivity contribution in [1.82, 2.24) is 19.5 Å². The number of benzene rings is 4. The maximum Gasteiger partial charge on any atom is 0.280 e. The number of nitrogen functional groups attached to an aromatic ring is 1. The van der Waals surface area contributed by atoms with Gasteiger partial charge in [-0.3, -0.25) is 14.3 Å². The second-order valence-corrected chi connectivity index (χ2v) is 9.54. The zero-order valence-electron chi connectivity index (χ0n) is 19.9. The third kappa shape index (κ3) is 3.25. The molecule has 4 aromatic carbocycles. The fourth-order valence-electron chi connectivity index (χ4n) is 5.55. The number of hydrogen-bond donors (Lipinski definition) is 5. The number of hydrogen-bond acceptors (Lipinski definition) is 8. The minimum absolute atomic E-state index is 0.00645. The molecule has 1 fully saturated rings. The molecule has 1 aliphatic rings. The molecule has 2 aromatic heterocycles. The molecule has 0 saturated carbocycles. The first-order chi connectivity index (χ1) is 18.4. The second-order valence-electron chi connectivity index (χ2n) is 9.54. The average molecular weight is 510 g/mol. The van der Waals surface area contributed by atoms with Crippen LogP contribution >= 0.6 is 0 Å². The van der Waals surface area contributed by atoms with E-state index < -0.39 is 36.7 Å². The molecule has 0 radical (unpaired) electrons. The summed E-state index contributed by atoms with van der Waals surface area (Å²) < 4.78 is 7.18. The molecule has 0 aliphatic carbocycles. The fourth-order valence-corrected chi connectivity index (χ4v) is 5.55. The number of imidazole rings is 1. The Morgan fingerprint density at radius 3 is 2.39 bits per heavy atom. The summed E-state index contributed by atoms with van der Waals surface area (Å²) in [5, 5.41) is 37.5. The smallest absolute Gasteiger partial charge is 0.280 e. The summed E-state index contributed by atoms with van der Waals surface area (Å²) in [6.45, 7) is -0.495. The van der Waals surface area contributed by atoms with Crippen molar-refractivity contribution in [3.63, 3.8) is 0 Å². The van der Waals surface area contributed by atoms with Gasteiger partial charge in [-0.2, -0.15) is 4.98 Å². The summed E-state index contributed by atoms with van der Waals surface area (Å²) in [7, 11) is 0. The van der Waals surface area contributed by atoms with E-state index in [4.69, 9.17) is 10.5 Å². The summed E-state index contributed by atoms with van der Waals surface area (Å²) in [4.78, 5) is 23.7. The number of ether oxygens (including phenoxy) is 1. The van der Waals surface area contributed by atoms with Crippen LogP contribution in [-0.4, -0.2) is 59.8 Å². The topological polar surface area (TPSA) is 160 Å². The van der Waals surface area contributed by atoms with Gasteiger partial charge in [-0.05, 0) is 44.0 Å². The lowest BCUT2D eigenvalue weighted by Crippen LogP contribution is -2.33. The molecule has 3 heterocycles. The Balaban J connectivity index is 1.42. The van der Waals surface area contributed by atoms with Crippen LogP contribution in [0, 0.1) is 0 Å². The average Bonchev–Trinajstić information content (AvgIpc) is 3.42. The standard InChI is InChI=1S/C28H23N5O5/c29-28-31-25-22(26(37)32-28)30-19(33(25)27-24(36)23(35)18(12-34)38-27)11-9-13-4-5-16-7-6-14-2-1-3-15-8-10-17(13)21(16)20(14)15/h1-11,18,23-24,27,34-36H,12H2,(H3,29,31,32,37)/t18-,23?,24?,27-/m1/s1. The van der Waals surface area contributed by atoms with Crippen molar-refractivity contribution < 1.29 is 20.1 Å². The number of fused-ring (bicyclic) bond motifs is 1. The number of nitrogens with zero attached hydrogens (tertiary/aromatic N) is 3. The Bertz CT molecular complexity index is 1930. The molecular weight excluding hydrogens is 486 g/mol. The maximum atomic E-state index is 12.6. The van der Waals surface area contributed by atoms with Crippen LogP contribution in [0.2, 0.25) is 0 Å². The normalized spacial score (nSPS) is 22.2. The number of H-pyrrole nitrogens is 1. The monoisotopic (exact) mass is 509 g/mol. The van der Waals surface area contributed by atoms with Crippen molar-refractivity contribution in [3.8, 4) is 0 Å². The van der Waals surface area contributed by atoms with Crippen LogP contribution in [0.4, 0.5) is 5.95 Å². The summed E-state index contributed by atoms with van der Waals surface area (Å²) in [6.07, 6.45) is -1.31. The van der Waals surface area contributed by atoms with E-state index in [1.165, 1.54) is 9.95 Å². The molecule has 38 heavy (non-hydrogen) atoms. The van der Waals surface area contributed by atoms with E-state index in [9.17, 15) is 20.1 Å². The van der Waals surface area contributed by atoms with Gasteiger partial charge in [0.05, 0.1) is 6.61 Å². The predicted molar refractivity (Wildman–Crippen MR) is 145 cm³/mol. The molecule has 1 saturated heterocycles. The molecule has 2 unspecified atom stereocenters. The number of aliphatic hydroxyl groups excluding tert-OH is 3. The quantitative estimate of drug-likeness (QED) is 0.227. The van der Waals surface area contributed by atoms with E-state index in [0.29, 0.717) is 0 Å². The van der Waals surface area contributed by atoms with Crippen LogP contribution in [0.1, 0.15) is 17.6 Å². The molecule has 4 atom stereocenters. The SMILES string of the molecule is Nc1nc2c(nc(C=Cc3ccc4ccc5cccc6ccc3c4c56)n2[C@@H]2O[C@H](CO)C(O)C2O)c(=O)[nH]1. The van der Waals surface area contributed by atoms with Crippen LogP contribution in [-0.2, 0) is 4.74 Å². The molecule has 6 N–H and O–H groups in total. The van der Waals surface area contributed by atoms with E-state index in [0.717, 1.165) is 32.5 Å². The van der Waals surface area contributed by atoms with Gasteiger partial charge in [-0.1, -0.05) is 60.7 Å². The third-order valence-electron chi connectivity index (χ3n) is 7.34. The van der Waals surface area contributed by atoms with E-state index in [2.05, 4.69) is 57.4 Å². The zero-order chi connectivity index (χ0) is 26.1. The third-order valence-corrected chi connectivity index (χ3v) is 7.34. The first-order valence-electron chi connectivity index (χ1n) is 12.2. The van der Waals surface area contributed by atoms with Crippen molar-refractivity contribution in [2.24, 2.45) is 0 Å². The van der Waals surface area contributed by atoms with Gasteiger partial charge in [-0.25, -0.2) is 4.98 Å². The largest absolute Gasteiger partial charge is 0.394 e. The number of aromatic amines is 1. The Morgan fingerprint density at radius 2 is 1.66 bits per heavy atom. The lowest BCUT2D eigenvalue weighted by molar-refractivity contribution is -0.0513. The number of rotatable bonds is 4. The molecule has 1 aliphatic heterocycles. The van der Waals surface area contributed by atoms with Gasteiger partial charge >= 0.3 is 0 Å². The van der Waals surface area contributed by atoms with Crippen LogP contribution in [0.5, 0.6) is 0 Å². The molecular formula is C28H23N5O5. The van der Waals surface area contributed by atoms with E-state index >= 15 is 0 Å². The predicted octanol–water partition coefficient (Wildman–Crippen LogP) is 2.38. The highest BCUT2D eigenvalue weighted by Gasteiger charge is 2.44. The van der Waals surface area contributed by atoms with E-state index in [-0.39, 0.29) is 22.9 Å². The highest BCUT2D eigenvalue weighted by molar-refractivity contribution is 6.24. The Labute approximate surface area is 214 Å². The van der Waals surface area contributed by atoms with Gasteiger partial charge in [0, 0.05) is 0 Å². The maximum absolute atomic E-state index is 12.6. The molecule has 0 bridgehead atoms. The van der Waals surface area contributed by atoms with Crippen LogP contribution in [0.15, 0.2) is 59.4 Å². The molecule has 7 rings (SSSR count). The summed E-state index contributed by atoms with van der Waals surface area (Å²) >= 11 is 0. The van der Waals surface area contributed by atoms with Crippen molar-refractivity contribution in [1.29, 1.82) is 0 Å². The minimum Gasteiger partial charge on any atom is -0.394 e. The van der Waals surface area contributed by atoms with Crippen molar-refractivity contribution in [3.05, 3.63) is 76.3 Å². The molecule has 0 spiro atoms. The van der Waals surface area contributed by atoms with Crippen LogP contribution in [0.3, 0.4) is 0 Å². The van der Waals surface area contributed by atoms with E-state index in [1.54, 1.807) is 6.08 Å².